The van der Waals surface area contributed by atoms with Crippen molar-refractivity contribution in [1.82, 2.24) is 20.0 Å². The molecule has 7 nitrogen and oxygen atoms in total. The maximum atomic E-state index is 12.5. The van der Waals surface area contributed by atoms with Crippen molar-refractivity contribution in [1.29, 1.82) is 0 Å². The number of hydrogen-bond acceptors (Lipinski definition) is 4. The predicted octanol–water partition coefficient (Wildman–Crippen LogP) is 3.41. The van der Waals surface area contributed by atoms with Crippen molar-refractivity contribution in [2.45, 2.75) is 78.4 Å². The number of piperidine rings is 1. The zero-order valence-electron chi connectivity index (χ0n) is 20.5. The molecular weight excluding hydrogens is 390 g/mol. The number of rotatable bonds is 7. The van der Waals surface area contributed by atoms with E-state index in [2.05, 4.69) is 22.0 Å². The lowest BCUT2D eigenvalue weighted by Gasteiger charge is -2.36. The summed E-state index contributed by atoms with van der Waals surface area (Å²) in [6.07, 6.45) is 6.07. The highest BCUT2D eigenvalue weighted by Crippen LogP contribution is 2.31. The van der Waals surface area contributed by atoms with E-state index in [1.165, 1.54) is 32.4 Å². The van der Waals surface area contributed by atoms with E-state index in [9.17, 15) is 4.79 Å². The lowest BCUT2D eigenvalue weighted by molar-refractivity contribution is 0.0214. The Morgan fingerprint density at radius 1 is 1.06 bits per heavy atom. The molecule has 0 aromatic rings. The minimum Gasteiger partial charge on any atom is -0.444 e. The molecule has 7 heteroatoms. The lowest BCUT2D eigenvalue weighted by atomic mass is 9.96. The molecule has 1 amide bonds. The molecule has 0 spiro atoms. The van der Waals surface area contributed by atoms with Gasteiger partial charge in [-0.15, -0.1) is 0 Å². The molecule has 1 atom stereocenters. The molecule has 0 bridgehead atoms. The van der Waals surface area contributed by atoms with Gasteiger partial charge in [0.1, 0.15) is 5.60 Å². The van der Waals surface area contributed by atoms with E-state index in [0.29, 0.717) is 18.4 Å². The third-order valence-corrected chi connectivity index (χ3v) is 6.64. The normalized spacial score (nSPS) is 23.8. The highest BCUT2D eigenvalue weighted by molar-refractivity contribution is 5.80. The third kappa shape index (κ3) is 7.55. The van der Waals surface area contributed by atoms with Gasteiger partial charge in [-0.3, -0.25) is 4.99 Å². The van der Waals surface area contributed by atoms with Crippen LogP contribution < -0.4 is 5.32 Å². The van der Waals surface area contributed by atoms with E-state index in [4.69, 9.17) is 9.73 Å². The van der Waals surface area contributed by atoms with Crippen LogP contribution in [0, 0.1) is 11.8 Å². The highest BCUT2D eigenvalue weighted by Gasteiger charge is 2.34. The van der Waals surface area contributed by atoms with Crippen LogP contribution in [0.15, 0.2) is 4.99 Å². The van der Waals surface area contributed by atoms with Gasteiger partial charge in [-0.25, -0.2) is 4.79 Å². The second-order valence-electron chi connectivity index (χ2n) is 10.5. The van der Waals surface area contributed by atoms with Gasteiger partial charge in [0.2, 0.25) is 0 Å². The van der Waals surface area contributed by atoms with Gasteiger partial charge in [0.25, 0.3) is 0 Å². The molecule has 1 aliphatic carbocycles. The number of hydrogen-bond donors (Lipinski definition) is 1. The SMILES string of the molecule is CCNC(=NCC1CCN(C2CC2)C1)N1CCC(CN(CC)C(=O)OC(C)(C)C)CC1. The summed E-state index contributed by atoms with van der Waals surface area (Å²) in [5.74, 6) is 2.30. The Bertz CT molecular complexity index is 606. The van der Waals surface area contributed by atoms with Crippen LogP contribution in [0.2, 0.25) is 0 Å². The molecule has 2 saturated heterocycles. The number of nitrogens with one attached hydrogen (secondary N) is 1. The van der Waals surface area contributed by atoms with Gasteiger partial charge in [0.05, 0.1) is 0 Å². The zero-order chi connectivity index (χ0) is 22.4. The smallest absolute Gasteiger partial charge is 0.410 e. The largest absolute Gasteiger partial charge is 0.444 e. The highest BCUT2D eigenvalue weighted by atomic mass is 16.6. The lowest BCUT2D eigenvalue weighted by Crippen LogP contribution is -2.48. The number of amides is 1. The fourth-order valence-electron chi connectivity index (χ4n) is 4.72. The first-order valence-corrected chi connectivity index (χ1v) is 12.5. The monoisotopic (exact) mass is 435 g/mol. The van der Waals surface area contributed by atoms with Gasteiger partial charge in [-0.1, -0.05) is 0 Å². The number of guanidine groups is 1. The molecule has 2 aliphatic heterocycles. The topological polar surface area (TPSA) is 60.4 Å². The molecule has 0 radical (unpaired) electrons. The van der Waals surface area contributed by atoms with E-state index in [-0.39, 0.29) is 6.09 Å². The van der Waals surface area contributed by atoms with Crippen LogP contribution in [-0.2, 0) is 4.74 Å². The first-order valence-electron chi connectivity index (χ1n) is 12.5. The third-order valence-electron chi connectivity index (χ3n) is 6.64. The van der Waals surface area contributed by atoms with Crippen molar-refractivity contribution in [3.05, 3.63) is 0 Å². The van der Waals surface area contributed by atoms with Crippen LogP contribution in [0.25, 0.3) is 0 Å². The average Bonchev–Trinajstić information content (AvgIpc) is 3.46. The Hall–Kier alpha value is -1.50. The molecule has 31 heavy (non-hydrogen) atoms. The van der Waals surface area contributed by atoms with Crippen LogP contribution in [0.3, 0.4) is 0 Å². The molecule has 3 fully saturated rings. The first kappa shape index (κ1) is 24.1. The minimum atomic E-state index is -0.444. The van der Waals surface area contributed by atoms with Crippen molar-refractivity contribution in [2.24, 2.45) is 16.8 Å². The summed E-state index contributed by atoms with van der Waals surface area (Å²) < 4.78 is 5.57. The fourth-order valence-corrected chi connectivity index (χ4v) is 4.72. The summed E-state index contributed by atoms with van der Waals surface area (Å²) >= 11 is 0. The van der Waals surface area contributed by atoms with Crippen molar-refractivity contribution in [3.8, 4) is 0 Å². The number of likely N-dealkylation sites (tertiary alicyclic amines) is 2. The molecule has 178 valence electrons. The Morgan fingerprint density at radius 2 is 1.74 bits per heavy atom. The molecule has 1 saturated carbocycles. The molecule has 0 aromatic carbocycles. The second kappa shape index (κ2) is 10.9. The quantitative estimate of drug-likeness (QED) is 0.491. The molecule has 0 aromatic heterocycles. The van der Waals surface area contributed by atoms with Crippen LogP contribution in [0.5, 0.6) is 0 Å². The van der Waals surface area contributed by atoms with Gasteiger partial charge in [0.15, 0.2) is 5.96 Å². The summed E-state index contributed by atoms with van der Waals surface area (Å²) in [6.45, 7) is 17.8. The average molecular weight is 436 g/mol. The zero-order valence-corrected chi connectivity index (χ0v) is 20.5. The number of carbonyl (C=O) groups excluding carboxylic acids is 1. The van der Waals surface area contributed by atoms with Gasteiger partial charge in [-0.2, -0.15) is 0 Å². The number of ether oxygens (including phenoxy) is 1. The molecule has 2 heterocycles. The predicted molar refractivity (Wildman–Crippen MR) is 126 cm³/mol. The van der Waals surface area contributed by atoms with Crippen LogP contribution in [-0.4, -0.2) is 90.8 Å². The van der Waals surface area contributed by atoms with Crippen molar-refractivity contribution >= 4 is 12.1 Å². The summed E-state index contributed by atoms with van der Waals surface area (Å²) in [6, 6.07) is 0.879. The van der Waals surface area contributed by atoms with Crippen molar-refractivity contribution < 1.29 is 9.53 Å². The maximum Gasteiger partial charge on any atom is 0.410 e. The van der Waals surface area contributed by atoms with E-state index in [1.54, 1.807) is 0 Å². The van der Waals surface area contributed by atoms with Gasteiger partial charge in [0, 0.05) is 51.9 Å². The fraction of sp³-hybridized carbons (Fsp3) is 0.917. The van der Waals surface area contributed by atoms with Gasteiger partial charge < -0.3 is 24.8 Å². The molecule has 1 unspecified atom stereocenters. The van der Waals surface area contributed by atoms with E-state index in [0.717, 1.165) is 57.6 Å². The van der Waals surface area contributed by atoms with E-state index >= 15 is 0 Å². The minimum absolute atomic E-state index is 0.191. The van der Waals surface area contributed by atoms with E-state index < -0.39 is 5.60 Å². The first-order chi connectivity index (χ1) is 14.8. The van der Waals surface area contributed by atoms with Gasteiger partial charge >= 0.3 is 6.09 Å². The van der Waals surface area contributed by atoms with E-state index in [1.807, 2.05) is 32.6 Å². The maximum absolute atomic E-state index is 12.5. The summed E-state index contributed by atoms with van der Waals surface area (Å²) in [5.41, 5.74) is -0.444. The Labute approximate surface area is 189 Å². The van der Waals surface area contributed by atoms with Crippen LogP contribution in [0.1, 0.15) is 66.7 Å². The molecular formula is C24H45N5O2. The Balaban J connectivity index is 1.46. The number of carbonyl (C=O) groups is 1. The standard InChI is InChI=1S/C24H45N5O2/c1-6-25-22(26-16-20-12-15-29(18-20)21-8-9-21)28-13-10-19(11-14-28)17-27(7-2)23(30)31-24(3,4)5/h19-21H,6-18H2,1-5H3,(H,25,26). The van der Waals surface area contributed by atoms with Gasteiger partial charge in [-0.05, 0) is 85.1 Å². The number of nitrogens with zero attached hydrogens (tertiary/aromatic N) is 4. The Kier molecular flexibility index (Phi) is 8.48. The summed E-state index contributed by atoms with van der Waals surface area (Å²) in [4.78, 5) is 24.4. The van der Waals surface area contributed by atoms with Crippen LogP contribution >= 0.6 is 0 Å². The number of aliphatic imine (C=N–C) groups is 1. The van der Waals surface area contributed by atoms with Crippen molar-refractivity contribution in [2.75, 3.05) is 52.4 Å². The molecule has 3 aliphatic rings. The molecule has 3 rings (SSSR count). The second-order valence-corrected chi connectivity index (χ2v) is 10.5. The molecule has 1 N–H and O–H groups in total. The summed E-state index contributed by atoms with van der Waals surface area (Å²) in [5, 5.41) is 3.51. The Morgan fingerprint density at radius 3 is 2.32 bits per heavy atom. The van der Waals surface area contributed by atoms with Crippen molar-refractivity contribution in [3.63, 3.8) is 0 Å². The van der Waals surface area contributed by atoms with Crippen LogP contribution in [0.4, 0.5) is 4.79 Å². The summed E-state index contributed by atoms with van der Waals surface area (Å²) in [7, 11) is 0.